The molecule has 3 heterocycles. The molecule has 2 aromatic rings. The van der Waals surface area contributed by atoms with E-state index >= 15 is 0 Å². The topological polar surface area (TPSA) is 63.8 Å². The van der Waals surface area contributed by atoms with Gasteiger partial charge in [0.25, 0.3) is 0 Å². The molecule has 0 bridgehead atoms. The Morgan fingerprint density at radius 1 is 1.35 bits per heavy atom. The van der Waals surface area contributed by atoms with Crippen LogP contribution in [-0.4, -0.2) is 31.5 Å². The van der Waals surface area contributed by atoms with Crippen LogP contribution in [0.25, 0.3) is 11.5 Å². The maximum absolute atomic E-state index is 9.43. The molecular formula is C12H14N4O. The standard InChI is InChI=1S/C12H14N4O/c17-8-9-4-3-6-11-14-15-12(16(9)11)10-5-1-2-7-13-10/h1-2,5,7,9,17H,3-4,6,8H2. The number of aliphatic hydroxyl groups is 1. The minimum atomic E-state index is 0.0887. The Balaban J connectivity index is 2.10. The first kappa shape index (κ1) is 10.4. The second-order valence-corrected chi connectivity index (χ2v) is 4.25. The smallest absolute Gasteiger partial charge is 0.182 e. The molecule has 1 N–H and O–H groups in total. The number of rotatable bonds is 2. The van der Waals surface area contributed by atoms with E-state index in [0.29, 0.717) is 0 Å². The van der Waals surface area contributed by atoms with Crippen molar-refractivity contribution in [3.8, 4) is 11.5 Å². The van der Waals surface area contributed by atoms with E-state index in [2.05, 4.69) is 15.2 Å². The van der Waals surface area contributed by atoms with Gasteiger partial charge in [-0.25, -0.2) is 0 Å². The Hall–Kier alpha value is -1.75. The monoisotopic (exact) mass is 230 g/mol. The summed E-state index contributed by atoms with van der Waals surface area (Å²) in [5, 5.41) is 17.8. The lowest BCUT2D eigenvalue weighted by molar-refractivity contribution is 0.207. The van der Waals surface area contributed by atoms with E-state index < -0.39 is 0 Å². The van der Waals surface area contributed by atoms with E-state index in [-0.39, 0.29) is 12.6 Å². The van der Waals surface area contributed by atoms with Crippen molar-refractivity contribution in [3.63, 3.8) is 0 Å². The zero-order valence-corrected chi connectivity index (χ0v) is 9.45. The fourth-order valence-electron chi connectivity index (χ4n) is 2.35. The van der Waals surface area contributed by atoms with Gasteiger partial charge in [0.1, 0.15) is 11.5 Å². The molecule has 1 aliphatic rings. The van der Waals surface area contributed by atoms with Gasteiger partial charge >= 0.3 is 0 Å². The quantitative estimate of drug-likeness (QED) is 0.842. The average molecular weight is 230 g/mol. The van der Waals surface area contributed by atoms with E-state index in [0.717, 1.165) is 36.6 Å². The molecule has 0 spiro atoms. The summed E-state index contributed by atoms with van der Waals surface area (Å²) in [6, 6.07) is 5.81. The van der Waals surface area contributed by atoms with E-state index in [1.807, 2.05) is 22.8 Å². The molecule has 0 aliphatic carbocycles. The Labute approximate surface area is 99.1 Å². The van der Waals surface area contributed by atoms with Crippen LogP contribution in [0, 0.1) is 0 Å². The first-order valence-electron chi connectivity index (χ1n) is 5.86. The summed E-state index contributed by atoms with van der Waals surface area (Å²) < 4.78 is 2.03. The Morgan fingerprint density at radius 3 is 3.06 bits per heavy atom. The number of aromatic nitrogens is 4. The van der Waals surface area contributed by atoms with Gasteiger partial charge in [-0.05, 0) is 25.0 Å². The largest absolute Gasteiger partial charge is 0.394 e. The van der Waals surface area contributed by atoms with Crippen molar-refractivity contribution in [2.75, 3.05) is 6.61 Å². The fourth-order valence-corrected chi connectivity index (χ4v) is 2.35. The molecule has 0 aromatic carbocycles. The lowest BCUT2D eigenvalue weighted by Crippen LogP contribution is -2.21. The summed E-state index contributed by atoms with van der Waals surface area (Å²) in [7, 11) is 0. The van der Waals surface area contributed by atoms with Gasteiger partial charge in [0.05, 0.1) is 12.6 Å². The number of aryl methyl sites for hydroxylation is 1. The van der Waals surface area contributed by atoms with Crippen LogP contribution >= 0.6 is 0 Å². The van der Waals surface area contributed by atoms with Crippen molar-refractivity contribution in [1.29, 1.82) is 0 Å². The zero-order valence-electron chi connectivity index (χ0n) is 9.45. The predicted molar refractivity (Wildman–Crippen MR) is 62.3 cm³/mol. The van der Waals surface area contributed by atoms with Crippen molar-refractivity contribution in [2.24, 2.45) is 0 Å². The van der Waals surface area contributed by atoms with Crippen LogP contribution in [0.5, 0.6) is 0 Å². The van der Waals surface area contributed by atoms with E-state index in [1.54, 1.807) is 6.20 Å². The molecular weight excluding hydrogens is 216 g/mol. The van der Waals surface area contributed by atoms with Crippen molar-refractivity contribution in [1.82, 2.24) is 19.7 Å². The molecule has 17 heavy (non-hydrogen) atoms. The van der Waals surface area contributed by atoms with Crippen molar-refractivity contribution in [3.05, 3.63) is 30.2 Å². The molecule has 1 unspecified atom stereocenters. The lowest BCUT2D eigenvalue weighted by atomic mass is 10.0. The molecule has 1 aliphatic heterocycles. The van der Waals surface area contributed by atoms with Gasteiger partial charge in [-0.1, -0.05) is 6.07 Å². The summed E-state index contributed by atoms with van der Waals surface area (Å²) in [6.45, 7) is 0.130. The maximum Gasteiger partial charge on any atom is 0.182 e. The minimum absolute atomic E-state index is 0.0887. The first-order valence-corrected chi connectivity index (χ1v) is 5.86. The number of hydrogen-bond acceptors (Lipinski definition) is 4. The highest BCUT2D eigenvalue weighted by Crippen LogP contribution is 2.28. The van der Waals surface area contributed by atoms with Crippen LogP contribution < -0.4 is 0 Å². The number of fused-ring (bicyclic) bond motifs is 1. The Bertz CT molecular complexity index is 508. The third-order valence-corrected chi connectivity index (χ3v) is 3.17. The highest BCUT2D eigenvalue weighted by molar-refractivity contribution is 5.49. The van der Waals surface area contributed by atoms with Crippen LogP contribution in [0.4, 0.5) is 0 Å². The predicted octanol–water partition coefficient (Wildman–Crippen LogP) is 1.21. The molecule has 1 atom stereocenters. The highest BCUT2D eigenvalue weighted by Gasteiger charge is 2.24. The average Bonchev–Trinajstić information content (AvgIpc) is 2.83. The van der Waals surface area contributed by atoms with Gasteiger partial charge in [-0.2, -0.15) is 0 Å². The van der Waals surface area contributed by atoms with Crippen LogP contribution in [0.2, 0.25) is 0 Å². The van der Waals surface area contributed by atoms with Crippen LogP contribution in [0.15, 0.2) is 24.4 Å². The molecule has 0 amide bonds. The summed E-state index contributed by atoms with van der Waals surface area (Å²) >= 11 is 0. The van der Waals surface area contributed by atoms with Crippen molar-refractivity contribution >= 4 is 0 Å². The first-order chi connectivity index (χ1) is 8.40. The van der Waals surface area contributed by atoms with Gasteiger partial charge in [-0.15, -0.1) is 10.2 Å². The maximum atomic E-state index is 9.43. The molecule has 0 radical (unpaired) electrons. The third-order valence-electron chi connectivity index (χ3n) is 3.17. The lowest BCUT2D eigenvalue weighted by Gasteiger charge is -2.23. The molecule has 5 heteroatoms. The Morgan fingerprint density at radius 2 is 2.29 bits per heavy atom. The summed E-state index contributed by atoms with van der Waals surface area (Å²) in [5.41, 5.74) is 0.812. The number of nitrogens with zero attached hydrogens (tertiary/aromatic N) is 4. The third kappa shape index (κ3) is 1.72. The zero-order chi connectivity index (χ0) is 11.7. The van der Waals surface area contributed by atoms with Crippen molar-refractivity contribution < 1.29 is 5.11 Å². The molecule has 2 aromatic heterocycles. The van der Waals surface area contributed by atoms with E-state index in [9.17, 15) is 5.11 Å². The van der Waals surface area contributed by atoms with Crippen LogP contribution in [-0.2, 0) is 6.42 Å². The summed E-state index contributed by atoms with van der Waals surface area (Å²) in [5.74, 6) is 1.72. The van der Waals surface area contributed by atoms with Gasteiger partial charge in [-0.3, -0.25) is 4.98 Å². The second kappa shape index (κ2) is 4.25. The summed E-state index contributed by atoms with van der Waals surface area (Å²) in [6.07, 6.45) is 4.71. The van der Waals surface area contributed by atoms with E-state index in [4.69, 9.17) is 0 Å². The van der Waals surface area contributed by atoms with Crippen molar-refractivity contribution in [2.45, 2.75) is 25.3 Å². The van der Waals surface area contributed by atoms with Crippen LogP contribution in [0.1, 0.15) is 24.7 Å². The number of hydrogen-bond donors (Lipinski definition) is 1. The van der Waals surface area contributed by atoms with Gasteiger partial charge in [0.15, 0.2) is 5.82 Å². The number of pyridine rings is 1. The molecule has 5 nitrogen and oxygen atoms in total. The second-order valence-electron chi connectivity index (χ2n) is 4.25. The molecule has 88 valence electrons. The molecule has 3 rings (SSSR count). The molecule has 0 saturated heterocycles. The SMILES string of the molecule is OCC1CCCc2nnc(-c3ccccn3)n21. The van der Waals surface area contributed by atoms with E-state index in [1.165, 1.54) is 0 Å². The van der Waals surface area contributed by atoms with Gasteiger partial charge in [0.2, 0.25) is 0 Å². The molecule has 0 saturated carbocycles. The number of aliphatic hydroxyl groups excluding tert-OH is 1. The van der Waals surface area contributed by atoms with Gasteiger partial charge < -0.3 is 9.67 Å². The Kier molecular flexibility index (Phi) is 2.60. The minimum Gasteiger partial charge on any atom is -0.394 e. The fraction of sp³-hybridized carbons (Fsp3) is 0.417. The normalized spacial score (nSPS) is 19.0. The molecule has 0 fully saturated rings. The highest BCUT2D eigenvalue weighted by atomic mass is 16.3. The van der Waals surface area contributed by atoms with Gasteiger partial charge in [0, 0.05) is 12.6 Å². The summed E-state index contributed by atoms with van der Waals surface area (Å²) in [4.78, 5) is 4.29. The van der Waals surface area contributed by atoms with Crippen LogP contribution in [0.3, 0.4) is 0 Å².